The zero-order chi connectivity index (χ0) is 21.3. The summed E-state index contributed by atoms with van der Waals surface area (Å²) in [5.74, 6) is 0.827. The van der Waals surface area contributed by atoms with Gasteiger partial charge in [-0.1, -0.05) is 23.2 Å². The second-order valence-electron chi connectivity index (χ2n) is 6.29. The minimum Gasteiger partial charge on any atom is -0.504 e. The fourth-order valence-electron chi connectivity index (χ4n) is 2.87. The topological polar surface area (TPSA) is 67.9 Å². The van der Waals surface area contributed by atoms with Crippen LogP contribution in [-0.2, 0) is 0 Å². The van der Waals surface area contributed by atoms with E-state index in [1.807, 2.05) is 6.92 Å². The molecule has 4 aromatic rings. The number of hydrogen-bond acceptors (Lipinski definition) is 5. The first-order valence-corrected chi connectivity index (χ1v) is 10.6. The molecule has 0 bridgehead atoms. The molecule has 5 nitrogen and oxygen atoms in total. The smallest absolute Gasteiger partial charge is 0.228 e. The van der Waals surface area contributed by atoms with E-state index in [0.29, 0.717) is 60.7 Å². The SMILES string of the molecule is CCOc1ccc(Br)c(C=Nc2ccc3oc(-c4ccc(Cl)cc4Cl)nc3c2)c1O. The Morgan fingerprint density at radius 3 is 2.77 bits per heavy atom. The van der Waals surface area contributed by atoms with Gasteiger partial charge in [-0.05, 0) is 71.4 Å². The Bertz CT molecular complexity index is 1270. The number of aliphatic imine (C=N–C) groups is 1. The van der Waals surface area contributed by atoms with Crippen LogP contribution in [0.4, 0.5) is 5.69 Å². The van der Waals surface area contributed by atoms with Crippen molar-refractivity contribution in [1.82, 2.24) is 4.98 Å². The van der Waals surface area contributed by atoms with Crippen LogP contribution < -0.4 is 4.74 Å². The van der Waals surface area contributed by atoms with E-state index in [4.69, 9.17) is 32.4 Å². The number of phenols is 1. The van der Waals surface area contributed by atoms with Crippen molar-refractivity contribution in [3.63, 3.8) is 0 Å². The summed E-state index contributed by atoms with van der Waals surface area (Å²) in [6.07, 6.45) is 1.57. The highest BCUT2D eigenvalue weighted by atomic mass is 79.9. The molecule has 1 aromatic heterocycles. The van der Waals surface area contributed by atoms with Crippen LogP contribution in [0.5, 0.6) is 11.5 Å². The van der Waals surface area contributed by atoms with Crippen LogP contribution in [0.15, 0.2) is 62.4 Å². The lowest BCUT2D eigenvalue weighted by Crippen LogP contribution is -1.94. The maximum atomic E-state index is 10.4. The predicted octanol–water partition coefficient (Wildman–Crippen LogP) is 7.42. The highest BCUT2D eigenvalue weighted by Gasteiger charge is 2.13. The molecule has 0 saturated heterocycles. The van der Waals surface area contributed by atoms with Crippen molar-refractivity contribution in [3.8, 4) is 23.0 Å². The molecule has 0 aliphatic rings. The molecule has 0 aliphatic heterocycles. The van der Waals surface area contributed by atoms with E-state index >= 15 is 0 Å². The lowest BCUT2D eigenvalue weighted by Gasteiger charge is -2.09. The summed E-state index contributed by atoms with van der Waals surface area (Å²) < 4.78 is 12.0. The molecule has 30 heavy (non-hydrogen) atoms. The van der Waals surface area contributed by atoms with Gasteiger partial charge in [-0.15, -0.1) is 0 Å². The fourth-order valence-corrected chi connectivity index (χ4v) is 3.78. The number of hydrogen-bond donors (Lipinski definition) is 1. The minimum atomic E-state index is 0.0251. The molecule has 0 unspecified atom stereocenters. The second kappa shape index (κ2) is 8.68. The van der Waals surface area contributed by atoms with E-state index in [1.165, 1.54) is 0 Å². The van der Waals surface area contributed by atoms with Crippen LogP contribution in [0.1, 0.15) is 12.5 Å². The Morgan fingerprint density at radius 2 is 2.00 bits per heavy atom. The van der Waals surface area contributed by atoms with Crippen molar-refractivity contribution in [2.75, 3.05) is 6.61 Å². The molecule has 0 spiro atoms. The summed E-state index contributed by atoms with van der Waals surface area (Å²) in [6, 6.07) is 14.0. The molecule has 4 rings (SSSR count). The van der Waals surface area contributed by atoms with Crippen molar-refractivity contribution in [3.05, 3.63) is 68.6 Å². The average molecular weight is 506 g/mol. The molecule has 1 N–H and O–H groups in total. The van der Waals surface area contributed by atoms with Gasteiger partial charge in [-0.3, -0.25) is 4.99 Å². The van der Waals surface area contributed by atoms with Gasteiger partial charge in [0.05, 0.1) is 28.4 Å². The highest BCUT2D eigenvalue weighted by Crippen LogP contribution is 2.35. The van der Waals surface area contributed by atoms with E-state index in [2.05, 4.69) is 25.9 Å². The van der Waals surface area contributed by atoms with Crippen molar-refractivity contribution < 1.29 is 14.3 Å². The van der Waals surface area contributed by atoms with Crippen LogP contribution in [0.3, 0.4) is 0 Å². The first-order valence-electron chi connectivity index (χ1n) is 9.00. The standard InChI is InChI=1S/C22H15BrCl2N2O3/c1-2-29-20-8-6-16(23)15(21(20)28)11-26-13-4-7-19-18(10-13)27-22(30-19)14-5-3-12(24)9-17(14)25/h3-11,28H,2H2,1H3. The number of ether oxygens (including phenoxy) is 1. The fraction of sp³-hybridized carbons (Fsp3) is 0.0909. The molecular formula is C22H15BrCl2N2O3. The number of aromatic nitrogens is 1. The van der Waals surface area contributed by atoms with E-state index in [9.17, 15) is 5.11 Å². The summed E-state index contributed by atoms with van der Waals surface area (Å²) in [4.78, 5) is 8.98. The Labute approximate surface area is 191 Å². The Kier molecular flexibility index (Phi) is 5.99. The van der Waals surface area contributed by atoms with E-state index in [1.54, 1.807) is 54.7 Å². The molecule has 8 heteroatoms. The first kappa shape index (κ1) is 20.7. The van der Waals surface area contributed by atoms with Crippen LogP contribution in [0.25, 0.3) is 22.6 Å². The lowest BCUT2D eigenvalue weighted by molar-refractivity contribution is 0.318. The van der Waals surface area contributed by atoms with Gasteiger partial charge in [0.1, 0.15) is 5.52 Å². The van der Waals surface area contributed by atoms with Crippen molar-refractivity contribution in [2.24, 2.45) is 4.99 Å². The molecule has 0 aliphatic carbocycles. The van der Waals surface area contributed by atoms with Crippen LogP contribution in [-0.4, -0.2) is 22.9 Å². The summed E-state index contributed by atoms with van der Waals surface area (Å²) in [6.45, 7) is 2.31. The molecule has 0 atom stereocenters. The maximum Gasteiger partial charge on any atom is 0.228 e. The number of oxazole rings is 1. The number of aromatic hydroxyl groups is 1. The molecule has 3 aromatic carbocycles. The van der Waals surface area contributed by atoms with Crippen molar-refractivity contribution in [1.29, 1.82) is 0 Å². The minimum absolute atomic E-state index is 0.0251. The van der Waals surface area contributed by atoms with Gasteiger partial charge in [-0.2, -0.15) is 0 Å². The average Bonchev–Trinajstić information content (AvgIpc) is 3.13. The molecule has 0 amide bonds. The zero-order valence-electron chi connectivity index (χ0n) is 15.7. The molecule has 152 valence electrons. The summed E-state index contributed by atoms with van der Waals surface area (Å²) in [7, 11) is 0. The van der Waals surface area contributed by atoms with Gasteiger partial charge in [-0.25, -0.2) is 4.98 Å². The number of nitrogens with zero attached hydrogens (tertiary/aromatic N) is 2. The van der Waals surface area contributed by atoms with Crippen LogP contribution in [0, 0.1) is 0 Å². The molecule has 0 saturated carbocycles. The van der Waals surface area contributed by atoms with Gasteiger partial charge in [0.25, 0.3) is 0 Å². The molecule has 1 heterocycles. The normalized spacial score (nSPS) is 11.5. The molecular weight excluding hydrogens is 491 g/mol. The van der Waals surface area contributed by atoms with Gasteiger partial charge in [0, 0.05) is 15.7 Å². The van der Waals surface area contributed by atoms with E-state index in [0.717, 1.165) is 0 Å². The summed E-state index contributed by atoms with van der Waals surface area (Å²) >= 11 is 15.6. The van der Waals surface area contributed by atoms with Crippen LogP contribution >= 0.6 is 39.1 Å². The quantitative estimate of drug-likeness (QED) is 0.286. The third-order valence-electron chi connectivity index (χ3n) is 4.30. The third kappa shape index (κ3) is 4.17. The van der Waals surface area contributed by atoms with Gasteiger partial charge in [0.2, 0.25) is 5.89 Å². The predicted molar refractivity (Wildman–Crippen MR) is 124 cm³/mol. The van der Waals surface area contributed by atoms with E-state index in [-0.39, 0.29) is 5.75 Å². The molecule has 0 radical (unpaired) electrons. The lowest BCUT2D eigenvalue weighted by atomic mass is 10.2. The van der Waals surface area contributed by atoms with Crippen LogP contribution in [0.2, 0.25) is 10.0 Å². The number of phenolic OH excluding ortho intramolecular Hbond substituents is 1. The molecule has 0 fully saturated rings. The number of halogens is 3. The maximum absolute atomic E-state index is 10.4. The Morgan fingerprint density at radius 1 is 1.17 bits per heavy atom. The van der Waals surface area contributed by atoms with E-state index < -0.39 is 0 Å². The summed E-state index contributed by atoms with van der Waals surface area (Å²) in [5.41, 5.74) is 3.07. The monoisotopic (exact) mass is 504 g/mol. The Balaban J connectivity index is 1.67. The second-order valence-corrected chi connectivity index (χ2v) is 7.99. The van der Waals surface area contributed by atoms with Gasteiger partial charge < -0.3 is 14.3 Å². The number of fused-ring (bicyclic) bond motifs is 1. The highest BCUT2D eigenvalue weighted by molar-refractivity contribution is 9.10. The Hall–Kier alpha value is -2.54. The van der Waals surface area contributed by atoms with Crippen molar-refractivity contribution in [2.45, 2.75) is 6.92 Å². The van der Waals surface area contributed by atoms with Gasteiger partial charge >= 0.3 is 0 Å². The van der Waals surface area contributed by atoms with Gasteiger partial charge in [0.15, 0.2) is 17.1 Å². The summed E-state index contributed by atoms with van der Waals surface area (Å²) in [5, 5.41) is 11.4. The third-order valence-corrected chi connectivity index (χ3v) is 5.54. The van der Waals surface area contributed by atoms with Crippen molar-refractivity contribution >= 4 is 62.1 Å². The zero-order valence-corrected chi connectivity index (χ0v) is 18.8. The number of rotatable bonds is 5. The number of benzene rings is 3. The first-order chi connectivity index (χ1) is 14.5. The largest absolute Gasteiger partial charge is 0.504 e.